The summed E-state index contributed by atoms with van der Waals surface area (Å²) in [6.45, 7) is 10.3. The molecule has 0 unspecified atom stereocenters. The lowest BCUT2D eigenvalue weighted by Gasteiger charge is -2.14. The molecule has 2 aromatic rings. The Bertz CT molecular complexity index is 604. The van der Waals surface area contributed by atoms with E-state index in [1.54, 1.807) is 0 Å². The number of rotatable bonds is 7. The molecule has 0 aliphatic carbocycles. The Balaban J connectivity index is 1.98. The zero-order valence-electron chi connectivity index (χ0n) is 14.1. The average Bonchev–Trinajstić information content (AvgIpc) is 2.49. The minimum atomic E-state index is 0.667. The number of hydrogen-bond donors (Lipinski definition) is 1. The lowest BCUT2D eigenvalue weighted by Crippen LogP contribution is -2.06. The monoisotopic (exact) mass is 297 g/mol. The fourth-order valence-electron chi connectivity index (χ4n) is 2.24. The van der Waals surface area contributed by atoms with Gasteiger partial charge in [0.05, 0.1) is 6.61 Å². The summed E-state index contributed by atoms with van der Waals surface area (Å²) in [5, 5.41) is 3.49. The molecule has 0 spiro atoms. The molecule has 22 heavy (non-hydrogen) atoms. The van der Waals surface area contributed by atoms with Crippen LogP contribution in [0, 0.1) is 19.8 Å². The number of ether oxygens (including phenoxy) is 1. The predicted molar refractivity (Wildman–Crippen MR) is 94.6 cm³/mol. The van der Waals surface area contributed by atoms with Gasteiger partial charge >= 0.3 is 0 Å². The molecule has 118 valence electrons. The molecule has 2 aromatic carbocycles. The number of anilines is 1. The molecular formula is C20H27NO. The summed E-state index contributed by atoms with van der Waals surface area (Å²) in [5.41, 5.74) is 4.99. The van der Waals surface area contributed by atoms with Crippen LogP contribution in [0.15, 0.2) is 42.5 Å². The highest BCUT2D eigenvalue weighted by Gasteiger charge is 2.04. The van der Waals surface area contributed by atoms with Crippen LogP contribution in [-0.4, -0.2) is 6.61 Å². The zero-order chi connectivity index (χ0) is 15.9. The van der Waals surface area contributed by atoms with Crippen molar-refractivity contribution in [1.29, 1.82) is 0 Å². The molecule has 0 aromatic heterocycles. The molecule has 2 rings (SSSR count). The largest absolute Gasteiger partial charge is 0.493 e. The minimum absolute atomic E-state index is 0.667. The molecule has 0 heterocycles. The summed E-state index contributed by atoms with van der Waals surface area (Å²) in [7, 11) is 0. The van der Waals surface area contributed by atoms with Crippen molar-refractivity contribution in [2.45, 2.75) is 40.7 Å². The normalized spacial score (nSPS) is 10.8. The fourth-order valence-corrected chi connectivity index (χ4v) is 2.24. The quantitative estimate of drug-likeness (QED) is 0.744. The van der Waals surface area contributed by atoms with Gasteiger partial charge in [-0.25, -0.2) is 0 Å². The number of hydrogen-bond acceptors (Lipinski definition) is 2. The van der Waals surface area contributed by atoms with Gasteiger partial charge in [-0.3, -0.25) is 0 Å². The molecule has 2 nitrogen and oxygen atoms in total. The minimum Gasteiger partial charge on any atom is -0.493 e. The second kappa shape index (κ2) is 7.88. The van der Waals surface area contributed by atoms with Crippen molar-refractivity contribution in [2.24, 2.45) is 5.92 Å². The van der Waals surface area contributed by atoms with Crippen LogP contribution in [0.4, 0.5) is 5.69 Å². The number of aryl methyl sites for hydroxylation is 2. The van der Waals surface area contributed by atoms with Gasteiger partial charge in [0.15, 0.2) is 0 Å². The van der Waals surface area contributed by atoms with E-state index in [1.165, 1.54) is 16.7 Å². The number of para-hydroxylation sites is 1. The molecule has 0 atom stereocenters. The first-order valence-electron chi connectivity index (χ1n) is 8.08. The molecule has 0 saturated heterocycles. The van der Waals surface area contributed by atoms with Crippen LogP contribution in [0.1, 0.15) is 37.0 Å². The SMILES string of the molecule is Cc1ccc(NCc2ccccc2OCCC(C)C)cc1C. The van der Waals surface area contributed by atoms with Gasteiger partial charge in [-0.05, 0) is 55.5 Å². The van der Waals surface area contributed by atoms with E-state index in [0.717, 1.165) is 31.0 Å². The second-order valence-corrected chi connectivity index (χ2v) is 6.29. The predicted octanol–water partition coefficient (Wildman–Crippen LogP) is 5.34. The molecule has 0 saturated carbocycles. The zero-order valence-corrected chi connectivity index (χ0v) is 14.1. The van der Waals surface area contributed by atoms with Crippen molar-refractivity contribution in [3.05, 3.63) is 59.2 Å². The topological polar surface area (TPSA) is 21.3 Å². The van der Waals surface area contributed by atoms with E-state index < -0.39 is 0 Å². The van der Waals surface area contributed by atoms with Gasteiger partial charge in [-0.15, -0.1) is 0 Å². The van der Waals surface area contributed by atoms with Gasteiger partial charge in [0, 0.05) is 17.8 Å². The van der Waals surface area contributed by atoms with Crippen LogP contribution in [0.5, 0.6) is 5.75 Å². The van der Waals surface area contributed by atoms with Crippen molar-refractivity contribution in [3.63, 3.8) is 0 Å². The Morgan fingerprint density at radius 2 is 1.77 bits per heavy atom. The lowest BCUT2D eigenvalue weighted by molar-refractivity contribution is 0.287. The molecule has 0 aliphatic rings. The summed E-state index contributed by atoms with van der Waals surface area (Å²) in [6, 6.07) is 14.7. The first-order valence-corrected chi connectivity index (χ1v) is 8.08. The Kier molecular flexibility index (Phi) is 5.88. The smallest absolute Gasteiger partial charge is 0.124 e. The highest BCUT2D eigenvalue weighted by molar-refractivity contribution is 5.49. The van der Waals surface area contributed by atoms with E-state index in [4.69, 9.17) is 4.74 Å². The van der Waals surface area contributed by atoms with E-state index in [2.05, 4.69) is 69.4 Å². The molecule has 0 amide bonds. The number of nitrogens with one attached hydrogen (secondary N) is 1. The summed E-state index contributed by atoms with van der Waals surface area (Å²) in [4.78, 5) is 0. The van der Waals surface area contributed by atoms with E-state index in [-0.39, 0.29) is 0 Å². The molecule has 2 heteroatoms. The Labute approximate surface area is 134 Å². The molecule has 0 fully saturated rings. The van der Waals surface area contributed by atoms with Gasteiger partial charge in [0.1, 0.15) is 5.75 Å². The van der Waals surface area contributed by atoms with Crippen molar-refractivity contribution in [1.82, 2.24) is 0 Å². The van der Waals surface area contributed by atoms with Crippen LogP contribution >= 0.6 is 0 Å². The van der Waals surface area contributed by atoms with Crippen molar-refractivity contribution >= 4 is 5.69 Å². The summed E-state index contributed by atoms with van der Waals surface area (Å²) >= 11 is 0. The fraction of sp³-hybridized carbons (Fsp3) is 0.400. The average molecular weight is 297 g/mol. The highest BCUT2D eigenvalue weighted by atomic mass is 16.5. The van der Waals surface area contributed by atoms with Crippen LogP contribution in [0.2, 0.25) is 0 Å². The van der Waals surface area contributed by atoms with E-state index in [1.807, 2.05) is 6.07 Å². The maximum Gasteiger partial charge on any atom is 0.124 e. The maximum absolute atomic E-state index is 5.94. The Morgan fingerprint density at radius 3 is 2.50 bits per heavy atom. The van der Waals surface area contributed by atoms with Gasteiger partial charge in [-0.1, -0.05) is 38.1 Å². The summed E-state index contributed by atoms with van der Waals surface area (Å²) in [5.74, 6) is 1.65. The third-order valence-corrected chi connectivity index (χ3v) is 3.92. The Hall–Kier alpha value is -1.96. The second-order valence-electron chi connectivity index (χ2n) is 6.29. The maximum atomic E-state index is 5.94. The van der Waals surface area contributed by atoms with Crippen LogP contribution < -0.4 is 10.1 Å². The van der Waals surface area contributed by atoms with Crippen LogP contribution in [-0.2, 0) is 6.54 Å². The van der Waals surface area contributed by atoms with Crippen molar-refractivity contribution < 1.29 is 4.74 Å². The van der Waals surface area contributed by atoms with Gasteiger partial charge in [-0.2, -0.15) is 0 Å². The molecule has 0 aliphatic heterocycles. The van der Waals surface area contributed by atoms with Crippen LogP contribution in [0.25, 0.3) is 0 Å². The summed E-state index contributed by atoms with van der Waals surface area (Å²) in [6.07, 6.45) is 1.08. The van der Waals surface area contributed by atoms with E-state index in [9.17, 15) is 0 Å². The Morgan fingerprint density at radius 1 is 1.00 bits per heavy atom. The van der Waals surface area contributed by atoms with Gasteiger partial charge < -0.3 is 10.1 Å². The molecule has 0 radical (unpaired) electrons. The van der Waals surface area contributed by atoms with Crippen molar-refractivity contribution in [2.75, 3.05) is 11.9 Å². The number of benzene rings is 2. The van der Waals surface area contributed by atoms with Gasteiger partial charge in [0.25, 0.3) is 0 Å². The standard InChI is InChI=1S/C20H27NO/c1-15(2)11-12-22-20-8-6-5-7-18(20)14-21-19-10-9-16(3)17(4)13-19/h5-10,13,15,21H,11-12,14H2,1-4H3. The summed E-state index contributed by atoms with van der Waals surface area (Å²) < 4.78 is 5.94. The van der Waals surface area contributed by atoms with Crippen molar-refractivity contribution in [3.8, 4) is 5.75 Å². The first kappa shape index (κ1) is 16.4. The lowest BCUT2D eigenvalue weighted by atomic mass is 10.1. The van der Waals surface area contributed by atoms with E-state index in [0.29, 0.717) is 5.92 Å². The first-order chi connectivity index (χ1) is 10.6. The third-order valence-electron chi connectivity index (χ3n) is 3.92. The highest BCUT2D eigenvalue weighted by Crippen LogP contribution is 2.21. The van der Waals surface area contributed by atoms with Crippen LogP contribution in [0.3, 0.4) is 0 Å². The molecular weight excluding hydrogens is 270 g/mol. The van der Waals surface area contributed by atoms with Gasteiger partial charge in [0.2, 0.25) is 0 Å². The molecule has 1 N–H and O–H groups in total. The third kappa shape index (κ3) is 4.80. The van der Waals surface area contributed by atoms with E-state index >= 15 is 0 Å². The molecule has 0 bridgehead atoms.